The Morgan fingerprint density at radius 1 is 1.00 bits per heavy atom. The molecule has 7 rings (SSSR count). The van der Waals surface area contributed by atoms with E-state index < -0.39 is 12.0 Å². The van der Waals surface area contributed by atoms with Gasteiger partial charge in [-0.1, -0.05) is 12.8 Å². The molecule has 1 atom stereocenters. The first-order valence-electron chi connectivity index (χ1n) is 15.4. The van der Waals surface area contributed by atoms with E-state index in [0.29, 0.717) is 68.2 Å². The van der Waals surface area contributed by atoms with Crippen molar-refractivity contribution in [1.29, 1.82) is 0 Å². The van der Waals surface area contributed by atoms with Crippen LogP contribution in [0.2, 0.25) is 0 Å². The van der Waals surface area contributed by atoms with Crippen molar-refractivity contribution in [2.75, 3.05) is 37.8 Å². The second kappa shape index (κ2) is 12.5. The third-order valence-corrected chi connectivity index (χ3v) is 8.57. The molecule has 2 aromatic carbocycles. The Morgan fingerprint density at radius 3 is 2.65 bits per heavy atom. The number of rotatable bonds is 10. The Labute approximate surface area is 264 Å². The summed E-state index contributed by atoms with van der Waals surface area (Å²) in [5, 5.41) is 25.1. The quantitative estimate of drug-likeness (QED) is 0.111. The fraction of sp³-hybridized carbons (Fsp3) is 0.294. The number of H-pyrrole nitrogens is 2. The molecule has 12 heteroatoms. The van der Waals surface area contributed by atoms with E-state index >= 15 is 4.39 Å². The second-order valence-corrected chi connectivity index (χ2v) is 12.1. The fourth-order valence-corrected chi connectivity index (χ4v) is 6.20. The van der Waals surface area contributed by atoms with Crippen LogP contribution in [0.25, 0.3) is 55.8 Å². The molecule has 0 amide bonds. The number of anilines is 2. The largest absolute Gasteiger partial charge is 0.384 e. The van der Waals surface area contributed by atoms with Crippen molar-refractivity contribution in [3.63, 3.8) is 0 Å². The molecule has 6 aromatic rings. The number of hydrogen-bond acceptors (Lipinski definition) is 8. The van der Waals surface area contributed by atoms with Crippen LogP contribution >= 0.6 is 0 Å². The molecule has 4 aromatic heterocycles. The maximum atomic E-state index is 15.4. The number of aromatic amines is 2. The first-order valence-corrected chi connectivity index (χ1v) is 15.4. The third kappa shape index (κ3) is 6.01. The van der Waals surface area contributed by atoms with Gasteiger partial charge in [-0.05, 0) is 68.9 Å². The highest BCUT2D eigenvalue weighted by atomic mass is 19.1. The number of nitrogens with one attached hydrogen (secondary N) is 4. The standard InChI is InChI=1S/C34H35F2N9O/c1-45(2)10-9-38-23-12-20(11-22(35)14-23)25-7-8-39-32-30(25)41-33(42-32)31-27-15-26(28(36)16-29(27)43-44-31)21-13-24(18-37-17-21)40-34(46)19-5-3-4-6-19/h7-8,11-19,34,38,40,46H,3-6,9-10H2,1-2H3,(H,43,44)(H,39,41,42). The number of aromatic nitrogens is 6. The summed E-state index contributed by atoms with van der Waals surface area (Å²) in [6.45, 7) is 1.48. The molecule has 1 fully saturated rings. The molecule has 0 saturated heterocycles. The Bertz CT molecular complexity index is 2020. The van der Waals surface area contributed by atoms with Gasteiger partial charge >= 0.3 is 0 Å². The molecule has 0 aliphatic heterocycles. The van der Waals surface area contributed by atoms with E-state index in [1.807, 2.05) is 26.2 Å². The van der Waals surface area contributed by atoms with Crippen molar-refractivity contribution < 1.29 is 13.9 Å². The van der Waals surface area contributed by atoms with E-state index in [1.54, 1.807) is 30.7 Å². The van der Waals surface area contributed by atoms with Crippen LogP contribution in [0.15, 0.2) is 61.1 Å². The lowest BCUT2D eigenvalue weighted by molar-refractivity contribution is 0.137. The second-order valence-electron chi connectivity index (χ2n) is 12.1. The van der Waals surface area contributed by atoms with Gasteiger partial charge in [0.2, 0.25) is 0 Å². The SMILES string of the molecule is CN(C)CCNc1cc(F)cc(-c2ccnc3nc(-c4n[nH]c5cc(F)c(-c6cncc(NC(O)C7CCCC7)c6)cc45)[nH]c23)c1. The fourth-order valence-electron chi connectivity index (χ4n) is 6.20. The van der Waals surface area contributed by atoms with Crippen molar-refractivity contribution in [3.8, 4) is 33.8 Å². The number of imidazole rings is 1. The van der Waals surface area contributed by atoms with Crippen LogP contribution < -0.4 is 10.6 Å². The molecule has 0 spiro atoms. The van der Waals surface area contributed by atoms with E-state index in [0.717, 1.165) is 37.8 Å². The minimum Gasteiger partial charge on any atom is -0.384 e. The number of fused-ring (bicyclic) bond motifs is 2. The van der Waals surface area contributed by atoms with Gasteiger partial charge in [-0.15, -0.1) is 0 Å². The topological polar surface area (TPSA) is 131 Å². The molecule has 4 heterocycles. The predicted octanol–water partition coefficient (Wildman–Crippen LogP) is 6.40. The molecule has 1 unspecified atom stereocenters. The zero-order chi connectivity index (χ0) is 31.8. The van der Waals surface area contributed by atoms with Crippen molar-refractivity contribution >= 4 is 33.4 Å². The van der Waals surface area contributed by atoms with Crippen LogP contribution in [0.1, 0.15) is 25.7 Å². The minimum atomic E-state index is -0.683. The Morgan fingerprint density at radius 2 is 1.83 bits per heavy atom. The predicted molar refractivity (Wildman–Crippen MR) is 176 cm³/mol. The summed E-state index contributed by atoms with van der Waals surface area (Å²) in [6.07, 6.45) is 8.36. The monoisotopic (exact) mass is 623 g/mol. The molecule has 10 nitrogen and oxygen atoms in total. The highest BCUT2D eigenvalue weighted by Crippen LogP contribution is 2.35. The van der Waals surface area contributed by atoms with E-state index in [1.165, 1.54) is 18.2 Å². The first-order chi connectivity index (χ1) is 22.3. The zero-order valence-electron chi connectivity index (χ0n) is 25.6. The van der Waals surface area contributed by atoms with Crippen LogP contribution in [-0.2, 0) is 0 Å². The van der Waals surface area contributed by atoms with Gasteiger partial charge in [-0.3, -0.25) is 10.1 Å². The molecule has 0 bridgehead atoms. The van der Waals surface area contributed by atoms with Gasteiger partial charge in [0.05, 0.1) is 22.9 Å². The van der Waals surface area contributed by atoms with Gasteiger partial charge in [-0.25, -0.2) is 18.7 Å². The molecular weight excluding hydrogens is 588 g/mol. The van der Waals surface area contributed by atoms with Crippen molar-refractivity contribution in [2.45, 2.75) is 31.9 Å². The van der Waals surface area contributed by atoms with Gasteiger partial charge in [-0.2, -0.15) is 5.10 Å². The zero-order valence-corrected chi connectivity index (χ0v) is 25.6. The van der Waals surface area contributed by atoms with Crippen LogP contribution in [0, 0.1) is 17.6 Å². The Hall–Kier alpha value is -4.94. The number of pyridine rings is 2. The van der Waals surface area contributed by atoms with E-state index in [2.05, 4.69) is 40.7 Å². The van der Waals surface area contributed by atoms with Crippen LogP contribution in [-0.4, -0.2) is 73.6 Å². The molecule has 5 N–H and O–H groups in total. The van der Waals surface area contributed by atoms with Gasteiger partial charge in [0.1, 0.15) is 23.6 Å². The molecule has 236 valence electrons. The average Bonchev–Trinajstić information content (AvgIpc) is 3.80. The number of aliphatic hydroxyl groups excluding tert-OH is 1. The summed E-state index contributed by atoms with van der Waals surface area (Å²) in [5.74, 6) is -0.165. The van der Waals surface area contributed by atoms with Crippen molar-refractivity contribution in [1.82, 2.24) is 35.0 Å². The maximum absolute atomic E-state index is 15.4. The molecule has 46 heavy (non-hydrogen) atoms. The lowest BCUT2D eigenvalue weighted by Gasteiger charge is -2.20. The summed E-state index contributed by atoms with van der Waals surface area (Å²) in [7, 11) is 3.97. The molecule has 1 saturated carbocycles. The van der Waals surface area contributed by atoms with Gasteiger partial charge in [0, 0.05) is 65.2 Å². The number of likely N-dealkylation sites (N-methyl/N-ethyl adjacent to an activating group) is 1. The van der Waals surface area contributed by atoms with E-state index in [9.17, 15) is 9.50 Å². The Kier molecular flexibility index (Phi) is 8.05. The number of aliphatic hydroxyl groups is 1. The maximum Gasteiger partial charge on any atom is 0.178 e. The number of nitrogens with zero attached hydrogens (tertiary/aromatic N) is 5. The van der Waals surface area contributed by atoms with Gasteiger partial charge < -0.3 is 25.6 Å². The van der Waals surface area contributed by atoms with Gasteiger partial charge in [0.25, 0.3) is 0 Å². The number of hydrogen-bond donors (Lipinski definition) is 5. The van der Waals surface area contributed by atoms with Crippen LogP contribution in [0.5, 0.6) is 0 Å². The van der Waals surface area contributed by atoms with Crippen molar-refractivity contribution in [2.24, 2.45) is 5.92 Å². The molecule has 1 aliphatic carbocycles. The van der Waals surface area contributed by atoms with Gasteiger partial charge in [0.15, 0.2) is 11.5 Å². The average molecular weight is 624 g/mol. The highest BCUT2D eigenvalue weighted by Gasteiger charge is 2.23. The summed E-state index contributed by atoms with van der Waals surface area (Å²) in [6, 6.07) is 11.6. The minimum absolute atomic E-state index is 0.191. The highest BCUT2D eigenvalue weighted by molar-refractivity contribution is 5.97. The molecule has 1 aliphatic rings. The summed E-state index contributed by atoms with van der Waals surface area (Å²) in [4.78, 5) is 18.8. The molecule has 0 radical (unpaired) electrons. The lowest BCUT2D eigenvalue weighted by atomic mass is 10.0. The molecular formula is C34H35F2N9O. The van der Waals surface area contributed by atoms with E-state index in [-0.39, 0.29) is 11.7 Å². The normalized spacial score (nSPS) is 14.5. The lowest BCUT2D eigenvalue weighted by Crippen LogP contribution is -2.26. The van der Waals surface area contributed by atoms with Crippen LogP contribution in [0.3, 0.4) is 0 Å². The van der Waals surface area contributed by atoms with Crippen molar-refractivity contribution in [3.05, 3.63) is 72.7 Å². The number of halogens is 2. The summed E-state index contributed by atoms with van der Waals surface area (Å²) >= 11 is 0. The third-order valence-electron chi connectivity index (χ3n) is 8.57. The number of benzene rings is 2. The summed E-state index contributed by atoms with van der Waals surface area (Å²) < 4.78 is 30.1. The first kappa shape index (κ1) is 29.8. The Balaban J connectivity index is 1.22. The van der Waals surface area contributed by atoms with E-state index in [4.69, 9.17) is 4.98 Å². The summed E-state index contributed by atoms with van der Waals surface area (Å²) in [5.41, 5.74) is 5.67. The van der Waals surface area contributed by atoms with Crippen LogP contribution in [0.4, 0.5) is 20.2 Å². The smallest absolute Gasteiger partial charge is 0.178 e.